The number of anilines is 1. The summed E-state index contributed by atoms with van der Waals surface area (Å²) >= 11 is 0.886. The number of oxime groups is 1. The van der Waals surface area contributed by atoms with Gasteiger partial charge in [0.25, 0.3) is 11.8 Å². The monoisotopic (exact) mass is 1080 g/mol. The first-order valence-electron chi connectivity index (χ1n) is 23.3. The number of likely N-dealkylation sites (tertiary alicyclic amines) is 1. The fourth-order valence-electron chi connectivity index (χ4n) is 6.76. The lowest BCUT2D eigenvalue weighted by molar-refractivity contribution is -0.179. The van der Waals surface area contributed by atoms with Crippen molar-refractivity contribution in [3.05, 3.63) is 123 Å². The van der Waals surface area contributed by atoms with E-state index in [9.17, 15) is 37.2 Å². The molecule has 1 aliphatic heterocycles. The minimum absolute atomic E-state index is 0.0151. The Morgan fingerprint density at radius 3 is 2.04 bits per heavy atom. The van der Waals surface area contributed by atoms with E-state index < -0.39 is 80.9 Å². The number of carbonyl (C=O) groups is 5. The van der Waals surface area contributed by atoms with Gasteiger partial charge in [0.2, 0.25) is 5.60 Å². The molecule has 402 valence electrons. The standard InChI is InChI=1S/C49H56N12O13S2/c1-29-21-32(54-58(29)10)24-59-39(33-22-36(70-26-30-17-13-11-14-18-30)37(23-50-33)71-27-31-19-15-12-16-20-31)55-61(46(59)67)76(68,69)57-44(65)60-25-34(41(60)63)51-40(62)38(56-74-49(8,9)42(64)72-47(2,3)4)35-28-75-43(52-35)53-45(66)73-48(5,6)7/h11-23,28,34H,24-27H2,1-10H3,(H,51,62)(H,57,65)(H,52,53,66)/t34-/m0/s1. The zero-order valence-electron chi connectivity index (χ0n) is 43.1. The van der Waals surface area contributed by atoms with Crippen molar-refractivity contribution >= 4 is 62.3 Å². The highest BCUT2D eigenvalue weighted by molar-refractivity contribution is 7.88. The van der Waals surface area contributed by atoms with Gasteiger partial charge >= 0.3 is 34.0 Å². The number of nitrogens with zero attached hydrogens (tertiary/aromatic N) is 9. The molecule has 7 rings (SSSR count). The molecule has 5 heterocycles. The summed E-state index contributed by atoms with van der Waals surface area (Å²) in [5, 5.41) is 18.7. The number of benzene rings is 2. The lowest BCUT2D eigenvalue weighted by Gasteiger charge is -2.36. The van der Waals surface area contributed by atoms with Crippen molar-refractivity contribution in [1.82, 2.24) is 48.4 Å². The highest BCUT2D eigenvalue weighted by Gasteiger charge is 2.45. The summed E-state index contributed by atoms with van der Waals surface area (Å²) in [5.74, 6) is -2.82. The number of nitrogens with one attached hydrogen (secondary N) is 3. The molecule has 76 heavy (non-hydrogen) atoms. The molecule has 0 spiro atoms. The van der Waals surface area contributed by atoms with Crippen molar-refractivity contribution in [2.75, 3.05) is 11.9 Å². The molecule has 25 nitrogen and oxygen atoms in total. The second-order valence-electron chi connectivity index (χ2n) is 19.6. The van der Waals surface area contributed by atoms with Gasteiger partial charge in [0.1, 0.15) is 41.8 Å². The van der Waals surface area contributed by atoms with E-state index in [1.165, 1.54) is 31.5 Å². The molecule has 2 aromatic carbocycles. The summed E-state index contributed by atoms with van der Waals surface area (Å²) in [6, 6.07) is 18.8. The van der Waals surface area contributed by atoms with E-state index in [1.807, 2.05) is 60.7 Å². The summed E-state index contributed by atoms with van der Waals surface area (Å²) in [6.45, 7) is 13.8. The van der Waals surface area contributed by atoms with Crippen molar-refractivity contribution in [3.8, 4) is 23.0 Å². The minimum atomic E-state index is -5.23. The summed E-state index contributed by atoms with van der Waals surface area (Å²) in [4.78, 5) is 95.3. The molecule has 3 N–H and O–H groups in total. The zero-order valence-corrected chi connectivity index (χ0v) is 44.8. The Hall–Kier alpha value is -8.46. The average molecular weight is 1090 g/mol. The number of imide groups is 1. The van der Waals surface area contributed by atoms with Crippen LogP contribution < -0.4 is 30.5 Å². The smallest absolute Gasteiger partial charge is 0.413 e. The Bertz CT molecular complexity index is 3340. The van der Waals surface area contributed by atoms with E-state index in [4.69, 9.17) is 23.8 Å². The number of esters is 1. The quantitative estimate of drug-likeness (QED) is 0.0449. The van der Waals surface area contributed by atoms with Gasteiger partial charge in [-0.3, -0.25) is 29.1 Å². The van der Waals surface area contributed by atoms with Gasteiger partial charge in [-0.15, -0.1) is 16.4 Å². The molecule has 0 saturated carbocycles. The fraction of sp³-hybridized carbons (Fsp3) is 0.367. The number of urea groups is 1. The SMILES string of the molecule is Cc1cc(Cn2c(-c3cc(OCc4ccccc4)c(OCc4ccccc4)cn3)nn(S(=O)(=O)NC(=O)N3C[C@H](NC(=O)C(=NOC(C)(C)C(=O)OC(C)(C)C)c4csc(NC(=O)OC(C)(C)C)n4)C3=O)c2=O)nn1C. The molecule has 1 atom stereocenters. The van der Waals surface area contributed by atoms with Crippen molar-refractivity contribution < 1.29 is 56.2 Å². The van der Waals surface area contributed by atoms with Gasteiger partial charge in [0.15, 0.2) is 28.2 Å². The third-order valence-corrected chi connectivity index (χ3v) is 12.5. The van der Waals surface area contributed by atoms with Gasteiger partial charge in [-0.1, -0.05) is 69.9 Å². The number of amides is 5. The zero-order chi connectivity index (χ0) is 55.3. The van der Waals surface area contributed by atoms with E-state index in [0.717, 1.165) is 32.7 Å². The summed E-state index contributed by atoms with van der Waals surface area (Å²) in [5.41, 5.74) is -2.73. The third-order valence-electron chi connectivity index (χ3n) is 10.6. The van der Waals surface area contributed by atoms with Crippen LogP contribution in [0.15, 0.2) is 94.3 Å². The number of carbonyl (C=O) groups excluding carboxylic acids is 5. The molecule has 0 bridgehead atoms. The number of hydrogen-bond donors (Lipinski definition) is 3. The first kappa shape index (κ1) is 55.3. The van der Waals surface area contributed by atoms with Gasteiger partial charge in [0.05, 0.1) is 25.0 Å². The molecular weight excluding hydrogens is 1030 g/mol. The Labute approximate surface area is 440 Å². The van der Waals surface area contributed by atoms with Crippen LogP contribution in [0.4, 0.5) is 14.7 Å². The van der Waals surface area contributed by atoms with Crippen LogP contribution in [0.5, 0.6) is 11.5 Å². The van der Waals surface area contributed by atoms with Crippen molar-refractivity contribution in [3.63, 3.8) is 0 Å². The van der Waals surface area contributed by atoms with Gasteiger partial charge in [-0.25, -0.2) is 33.9 Å². The maximum absolute atomic E-state index is 14.2. The van der Waals surface area contributed by atoms with Crippen LogP contribution in [0.1, 0.15) is 83.6 Å². The second-order valence-corrected chi connectivity index (χ2v) is 22.0. The molecule has 0 radical (unpaired) electrons. The summed E-state index contributed by atoms with van der Waals surface area (Å²) in [7, 11) is -3.54. The minimum Gasteiger partial charge on any atom is -0.485 e. The number of hydrogen-bond acceptors (Lipinski definition) is 19. The highest BCUT2D eigenvalue weighted by Crippen LogP contribution is 2.32. The normalized spacial score (nSPS) is 14.1. The Morgan fingerprint density at radius 2 is 1.46 bits per heavy atom. The van der Waals surface area contributed by atoms with Crippen LogP contribution >= 0.6 is 11.3 Å². The highest BCUT2D eigenvalue weighted by atomic mass is 32.2. The molecule has 1 aliphatic rings. The van der Waals surface area contributed by atoms with E-state index in [-0.39, 0.29) is 57.7 Å². The van der Waals surface area contributed by atoms with E-state index >= 15 is 0 Å². The average Bonchev–Trinajstić information content (AvgIpc) is 4.03. The predicted octanol–water partition coefficient (Wildman–Crippen LogP) is 4.83. The van der Waals surface area contributed by atoms with Crippen molar-refractivity contribution in [2.45, 2.75) is 105 Å². The largest absolute Gasteiger partial charge is 0.485 e. The summed E-state index contributed by atoms with van der Waals surface area (Å²) in [6.07, 6.45) is 0.506. The van der Waals surface area contributed by atoms with E-state index in [1.54, 1.807) is 71.0 Å². The van der Waals surface area contributed by atoms with Crippen LogP contribution in [-0.4, -0.2) is 112 Å². The third kappa shape index (κ3) is 13.8. The van der Waals surface area contributed by atoms with Crippen LogP contribution in [-0.2, 0) is 65.7 Å². The maximum Gasteiger partial charge on any atom is 0.413 e. The fourth-order valence-corrected chi connectivity index (χ4v) is 8.35. The number of aryl methyl sites for hydroxylation is 2. The van der Waals surface area contributed by atoms with Crippen LogP contribution in [0, 0.1) is 6.92 Å². The number of rotatable bonds is 18. The summed E-state index contributed by atoms with van der Waals surface area (Å²) < 4.78 is 55.3. The Balaban J connectivity index is 1.12. The molecule has 27 heteroatoms. The van der Waals surface area contributed by atoms with E-state index in [2.05, 4.69) is 36.0 Å². The number of pyridine rings is 1. The topological polar surface area (TPSA) is 301 Å². The maximum atomic E-state index is 14.2. The van der Waals surface area contributed by atoms with Gasteiger partial charge in [-0.2, -0.15) is 13.5 Å². The molecule has 4 aromatic heterocycles. The number of β-lactam (4-membered cyclic amide) rings is 1. The Kier molecular flexibility index (Phi) is 16.1. The molecular formula is C49H56N12O13S2. The molecule has 0 aliphatic carbocycles. The lowest BCUT2D eigenvalue weighted by atomic mass is 10.1. The molecule has 6 aromatic rings. The van der Waals surface area contributed by atoms with Crippen LogP contribution in [0.2, 0.25) is 0 Å². The van der Waals surface area contributed by atoms with Crippen molar-refractivity contribution in [1.29, 1.82) is 0 Å². The first-order valence-corrected chi connectivity index (χ1v) is 25.7. The molecule has 0 unspecified atom stereocenters. The number of ether oxygens (including phenoxy) is 4. The van der Waals surface area contributed by atoms with E-state index in [0.29, 0.717) is 10.6 Å². The van der Waals surface area contributed by atoms with Gasteiger partial charge in [0, 0.05) is 24.2 Å². The van der Waals surface area contributed by atoms with Crippen LogP contribution in [0.3, 0.4) is 0 Å². The Morgan fingerprint density at radius 1 is 0.842 bits per heavy atom. The molecule has 1 fully saturated rings. The van der Waals surface area contributed by atoms with Gasteiger partial charge < -0.3 is 29.1 Å². The second kappa shape index (κ2) is 22.2. The van der Waals surface area contributed by atoms with Crippen molar-refractivity contribution in [2.24, 2.45) is 12.2 Å². The first-order chi connectivity index (χ1) is 35.7. The number of thiazole rings is 1. The van der Waals surface area contributed by atoms with Crippen LogP contribution in [0.25, 0.3) is 11.5 Å². The molecule has 5 amide bonds. The predicted molar refractivity (Wildman–Crippen MR) is 274 cm³/mol. The van der Waals surface area contributed by atoms with Gasteiger partial charge in [-0.05, 0) is 79.5 Å². The number of aromatic nitrogens is 7. The molecule has 1 saturated heterocycles. The lowest BCUT2D eigenvalue weighted by Crippen LogP contribution is -2.68.